The third kappa shape index (κ3) is 3.38. The molecule has 0 aliphatic carbocycles. The number of anilines is 1. The number of amides is 1. The minimum Gasteiger partial charge on any atom is -0.367 e. The molecular weight excluding hydrogens is 330 g/mol. The van der Waals surface area contributed by atoms with Crippen molar-refractivity contribution < 1.29 is 13.6 Å². The van der Waals surface area contributed by atoms with E-state index in [1.807, 2.05) is 0 Å². The first kappa shape index (κ1) is 17.1. The third-order valence-corrected chi connectivity index (χ3v) is 4.47. The van der Waals surface area contributed by atoms with Gasteiger partial charge in [0.1, 0.15) is 17.2 Å². The van der Waals surface area contributed by atoms with Crippen molar-refractivity contribution in [3.63, 3.8) is 0 Å². The molecule has 2 aromatic rings. The van der Waals surface area contributed by atoms with Crippen LogP contribution < -0.4 is 15.8 Å². The topological polar surface area (TPSA) is 78.1 Å². The molecule has 0 unspecified atom stereocenters. The van der Waals surface area contributed by atoms with E-state index in [1.54, 1.807) is 18.7 Å². The first-order valence-electron chi connectivity index (χ1n) is 7.93. The quantitative estimate of drug-likeness (QED) is 0.885. The van der Waals surface area contributed by atoms with Crippen molar-refractivity contribution in [2.75, 3.05) is 18.0 Å². The van der Waals surface area contributed by atoms with Crippen molar-refractivity contribution in [1.29, 1.82) is 0 Å². The number of aromatic nitrogens is 2. The van der Waals surface area contributed by atoms with Crippen molar-refractivity contribution in [3.8, 4) is 0 Å². The number of aromatic amines is 1. The Morgan fingerprint density at radius 2 is 2.12 bits per heavy atom. The van der Waals surface area contributed by atoms with Crippen LogP contribution in [0.25, 0.3) is 0 Å². The van der Waals surface area contributed by atoms with E-state index in [9.17, 15) is 18.4 Å². The first-order chi connectivity index (χ1) is 11.9. The van der Waals surface area contributed by atoms with Crippen LogP contribution in [0.3, 0.4) is 0 Å². The summed E-state index contributed by atoms with van der Waals surface area (Å²) in [6.07, 6.45) is 0.601. The van der Waals surface area contributed by atoms with Gasteiger partial charge in [0.15, 0.2) is 0 Å². The lowest BCUT2D eigenvalue weighted by atomic mass is 10.1. The van der Waals surface area contributed by atoms with Crippen LogP contribution in [0.2, 0.25) is 0 Å². The summed E-state index contributed by atoms with van der Waals surface area (Å²) < 4.78 is 26.9. The fourth-order valence-corrected chi connectivity index (χ4v) is 2.99. The van der Waals surface area contributed by atoms with Crippen molar-refractivity contribution in [3.05, 3.63) is 57.0 Å². The van der Waals surface area contributed by atoms with Gasteiger partial charge in [0.2, 0.25) is 0 Å². The molecular formula is C17H18F2N4O2. The number of hydrogen-bond acceptors (Lipinski definition) is 4. The Hall–Kier alpha value is -2.77. The smallest absolute Gasteiger partial charge is 0.277 e. The van der Waals surface area contributed by atoms with Crippen LogP contribution in [0.4, 0.5) is 14.5 Å². The second-order valence-electron chi connectivity index (χ2n) is 6.14. The molecule has 0 bridgehead atoms. The molecule has 1 saturated heterocycles. The highest BCUT2D eigenvalue weighted by molar-refractivity contribution is 5.95. The van der Waals surface area contributed by atoms with Crippen LogP contribution in [-0.2, 0) is 0 Å². The summed E-state index contributed by atoms with van der Waals surface area (Å²) in [6.45, 7) is 4.28. The standard InChI is InChI=1S/C17H18F2N4O2/c1-9-10(2)21-22-17(25)15(9)16(24)20-12-5-6-23(8-12)14-4-3-11(18)7-13(14)19/h3-4,7,12H,5-6,8H2,1-2H3,(H,20,24)(H,22,25)/t12-/m0/s1. The molecule has 1 atom stereocenters. The van der Waals surface area contributed by atoms with Gasteiger partial charge in [0.25, 0.3) is 11.5 Å². The van der Waals surface area contributed by atoms with Gasteiger partial charge in [-0.3, -0.25) is 9.59 Å². The highest BCUT2D eigenvalue weighted by Crippen LogP contribution is 2.24. The van der Waals surface area contributed by atoms with Gasteiger partial charge < -0.3 is 10.2 Å². The van der Waals surface area contributed by atoms with Crippen molar-refractivity contribution in [1.82, 2.24) is 15.5 Å². The third-order valence-electron chi connectivity index (χ3n) is 4.47. The molecule has 2 heterocycles. The summed E-state index contributed by atoms with van der Waals surface area (Å²) in [5, 5.41) is 8.93. The molecule has 25 heavy (non-hydrogen) atoms. The molecule has 0 spiro atoms. The van der Waals surface area contributed by atoms with Gasteiger partial charge in [-0.25, -0.2) is 13.9 Å². The summed E-state index contributed by atoms with van der Waals surface area (Å²) in [6, 6.07) is 3.19. The predicted octanol–water partition coefficient (Wildman–Crippen LogP) is 1.67. The van der Waals surface area contributed by atoms with E-state index in [2.05, 4.69) is 15.5 Å². The number of halogens is 2. The minimum absolute atomic E-state index is 0.0407. The molecule has 3 rings (SSSR count). The highest BCUT2D eigenvalue weighted by atomic mass is 19.1. The molecule has 1 fully saturated rings. The lowest BCUT2D eigenvalue weighted by Gasteiger charge is -2.20. The normalized spacial score (nSPS) is 17.0. The van der Waals surface area contributed by atoms with Crippen LogP contribution >= 0.6 is 0 Å². The maximum atomic E-state index is 13.9. The number of carbonyl (C=O) groups excluding carboxylic acids is 1. The second-order valence-corrected chi connectivity index (χ2v) is 6.14. The molecule has 1 aliphatic rings. The maximum Gasteiger partial charge on any atom is 0.277 e. The van der Waals surface area contributed by atoms with Crippen LogP contribution in [0.15, 0.2) is 23.0 Å². The first-order valence-corrected chi connectivity index (χ1v) is 7.93. The van der Waals surface area contributed by atoms with Crippen molar-refractivity contribution >= 4 is 11.6 Å². The van der Waals surface area contributed by atoms with E-state index in [1.165, 1.54) is 12.1 Å². The molecule has 1 aromatic carbocycles. The van der Waals surface area contributed by atoms with Gasteiger partial charge in [0.05, 0.1) is 11.4 Å². The molecule has 132 valence electrons. The van der Waals surface area contributed by atoms with Gasteiger partial charge in [-0.2, -0.15) is 5.10 Å². The molecule has 1 aliphatic heterocycles. The van der Waals surface area contributed by atoms with Crippen LogP contribution in [0.1, 0.15) is 28.0 Å². The lowest BCUT2D eigenvalue weighted by molar-refractivity contribution is 0.0938. The number of hydrogen-bond donors (Lipinski definition) is 2. The Morgan fingerprint density at radius 3 is 2.84 bits per heavy atom. The number of nitrogens with zero attached hydrogens (tertiary/aromatic N) is 2. The second kappa shape index (κ2) is 6.62. The van der Waals surface area contributed by atoms with Gasteiger partial charge in [-0.1, -0.05) is 0 Å². The monoisotopic (exact) mass is 348 g/mol. The van der Waals surface area contributed by atoms with Gasteiger partial charge >= 0.3 is 0 Å². The Bertz CT molecular complexity index is 881. The Kier molecular flexibility index (Phi) is 4.52. The minimum atomic E-state index is -0.635. The molecule has 0 saturated carbocycles. The van der Waals surface area contributed by atoms with E-state index in [0.717, 1.165) is 6.07 Å². The van der Waals surface area contributed by atoms with Gasteiger partial charge in [0, 0.05) is 25.2 Å². The Labute approximate surface area is 142 Å². The van der Waals surface area contributed by atoms with E-state index in [-0.39, 0.29) is 11.6 Å². The van der Waals surface area contributed by atoms with Gasteiger partial charge in [-0.15, -0.1) is 0 Å². The molecule has 2 N–H and O–H groups in total. The van der Waals surface area contributed by atoms with Gasteiger partial charge in [-0.05, 0) is 38.0 Å². The largest absolute Gasteiger partial charge is 0.367 e. The van der Waals surface area contributed by atoms with E-state index >= 15 is 0 Å². The number of nitrogens with one attached hydrogen (secondary N) is 2. The summed E-state index contributed by atoms with van der Waals surface area (Å²) >= 11 is 0. The number of aryl methyl sites for hydroxylation is 1. The zero-order valence-electron chi connectivity index (χ0n) is 13.9. The molecule has 8 heteroatoms. The Morgan fingerprint density at radius 1 is 1.36 bits per heavy atom. The summed E-state index contributed by atoms with van der Waals surface area (Å²) in [4.78, 5) is 26.1. The summed E-state index contributed by atoms with van der Waals surface area (Å²) in [7, 11) is 0. The van der Waals surface area contributed by atoms with E-state index in [0.29, 0.717) is 36.5 Å². The maximum absolute atomic E-state index is 13.9. The summed E-state index contributed by atoms with van der Waals surface area (Å²) in [5.74, 6) is -1.74. The fraction of sp³-hybridized carbons (Fsp3) is 0.353. The number of H-pyrrole nitrogens is 1. The van der Waals surface area contributed by atoms with Crippen molar-refractivity contribution in [2.45, 2.75) is 26.3 Å². The van der Waals surface area contributed by atoms with E-state index < -0.39 is 23.1 Å². The number of rotatable bonds is 3. The highest BCUT2D eigenvalue weighted by Gasteiger charge is 2.27. The molecule has 1 amide bonds. The molecule has 0 radical (unpaired) electrons. The number of benzene rings is 1. The zero-order valence-corrected chi connectivity index (χ0v) is 13.9. The Balaban J connectivity index is 1.72. The average molecular weight is 348 g/mol. The molecule has 1 aromatic heterocycles. The summed E-state index contributed by atoms with van der Waals surface area (Å²) in [5.41, 5.74) is 0.901. The fourth-order valence-electron chi connectivity index (χ4n) is 2.99. The van der Waals surface area contributed by atoms with E-state index in [4.69, 9.17) is 0 Å². The lowest BCUT2D eigenvalue weighted by Crippen LogP contribution is -2.40. The zero-order chi connectivity index (χ0) is 18.1. The van der Waals surface area contributed by atoms with Crippen LogP contribution in [0.5, 0.6) is 0 Å². The molecule has 6 nitrogen and oxygen atoms in total. The van der Waals surface area contributed by atoms with Crippen molar-refractivity contribution in [2.24, 2.45) is 0 Å². The van der Waals surface area contributed by atoms with Crippen LogP contribution in [-0.4, -0.2) is 35.2 Å². The van der Waals surface area contributed by atoms with Crippen LogP contribution in [0, 0.1) is 25.5 Å². The SMILES string of the molecule is Cc1n[nH]c(=O)c(C(=O)N[C@H]2CCN(c3ccc(F)cc3F)C2)c1C. The number of carbonyl (C=O) groups is 1. The average Bonchev–Trinajstić information content (AvgIpc) is 2.99. The predicted molar refractivity (Wildman–Crippen MR) is 88.8 cm³/mol.